The van der Waals surface area contributed by atoms with E-state index in [1.807, 2.05) is 7.05 Å². The molecule has 2 aliphatic rings. The number of hydrogen-bond donors (Lipinski definition) is 3. The molecule has 2 atom stereocenters. The second kappa shape index (κ2) is 9.54. The second-order valence-electron chi connectivity index (χ2n) is 6.83. The van der Waals surface area contributed by atoms with Gasteiger partial charge in [0.1, 0.15) is 5.75 Å². The SMILES string of the molecule is COc1cc2c(cc1CNC(=O)[C@@H]1CN(C)CC[C@H]1O)CCC2.O=CO. The van der Waals surface area contributed by atoms with E-state index in [4.69, 9.17) is 14.6 Å². The number of likely N-dealkylation sites (tertiary alicyclic amines) is 1. The minimum Gasteiger partial charge on any atom is -0.496 e. The van der Waals surface area contributed by atoms with E-state index in [9.17, 15) is 9.90 Å². The van der Waals surface area contributed by atoms with E-state index < -0.39 is 6.10 Å². The molecule has 3 rings (SSSR count). The minimum absolute atomic E-state index is 0.0772. The summed E-state index contributed by atoms with van der Waals surface area (Å²) in [7, 11) is 3.65. The second-order valence-corrected chi connectivity index (χ2v) is 6.83. The number of hydrogen-bond acceptors (Lipinski definition) is 5. The fourth-order valence-electron chi connectivity index (χ4n) is 3.65. The average Bonchev–Trinajstić information content (AvgIpc) is 3.08. The molecule has 1 aromatic carbocycles. The number of fused-ring (bicyclic) bond motifs is 1. The summed E-state index contributed by atoms with van der Waals surface area (Å²) in [6.45, 7) is 1.64. The van der Waals surface area contributed by atoms with Crippen LogP contribution >= 0.6 is 0 Å². The van der Waals surface area contributed by atoms with E-state index >= 15 is 0 Å². The van der Waals surface area contributed by atoms with Gasteiger partial charge in [0.15, 0.2) is 0 Å². The number of amides is 1. The summed E-state index contributed by atoms with van der Waals surface area (Å²) < 4.78 is 5.48. The summed E-state index contributed by atoms with van der Waals surface area (Å²) in [4.78, 5) is 22.9. The summed E-state index contributed by atoms with van der Waals surface area (Å²) in [5, 5.41) is 19.9. The topological polar surface area (TPSA) is 99.1 Å². The quantitative estimate of drug-likeness (QED) is 0.684. The molecule has 0 bridgehead atoms. The van der Waals surface area contributed by atoms with Gasteiger partial charge in [-0.2, -0.15) is 0 Å². The third kappa shape index (κ3) is 4.95. The third-order valence-corrected chi connectivity index (χ3v) is 5.06. The van der Waals surface area contributed by atoms with Crippen LogP contribution < -0.4 is 10.1 Å². The van der Waals surface area contributed by atoms with Gasteiger partial charge in [0.2, 0.25) is 5.91 Å². The lowest BCUT2D eigenvalue weighted by Gasteiger charge is -2.32. The van der Waals surface area contributed by atoms with Crippen LogP contribution in [0.5, 0.6) is 5.75 Å². The van der Waals surface area contributed by atoms with Gasteiger partial charge in [-0.3, -0.25) is 9.59 Å². The maximum absolute atomic E-state index is 12.4. The van der Waals surface area contributed by atoms with Crippen molar-refractivity contribution in [3.8, 4) is 5.75 Å². The molecule has 26 heavy (non-hydrogen) atoms. The number of nitrogens with one attached hydrogen (secondary N) is 1. The first-order chi connectivity index (χ1) is 12.5. The predicted molar refractivity (Wildman–Crippen MR) is 97.2 cm³/mol. The lowest BCUT2D eigenvalue weighted by Crippen LogP contribution is -2.48. The average molecular weight is 364 g/mol. The molecule has 0 saturated carbocycles. The van der Waals surface area contributed by atoms with Crippen molar-refractivity contribution >= 4 is 12.4 Å². The molecule has 0 unspecified atom stereocenters. The number of carboxylic acid groups (broad SMARTS) is 1. The van der Waals surface area contributed by atoms with E-state index in [0.717, 1.165) is 30.7 Å². The fourth-order valence-corrected chi connectivity index (χ4v) is 3.65. The predicted octanol–water partition coefficient (Wildman–Crippen LogP) is 0.814. The molecule has 1 aliphatic carbocycles. The first-order valence-corrected chi connectivity index (χ1v) is 8.91. The lowest BCUT2D eigenvalue weighted by atomic mass is 9.94. The molecule has 1 saturated heterocycles. The number of nitrogens with zero attached hydrogens (tertiary/aromatic N) is 1. The zero-order chi connectivity index (χ0) is 19.1. The molecule has 0 aromatic heterocycles. The number of methoxy groups -OCH3 is 1. The molecule has 0 radical (unpaired) electrons. The number of aliphatic hydroxyl groups excluding tert-OH is 1. The number of piperidine rings is 1. The van der Waals surface area contributed by atoms with Crippen molar-refractivity contribution in [3.05, 3.63) is 28.8 Å². The molecule has 1 amide bonds. The Morgan fingerprint density at radius 3 is 2.69 bits per heavy atom. The summed E-state index contributed by atoms with van der Waals surface area (Å²) in [5.41, 5.74) is 3.74. The zero-order valence-corrected chi connectivity index (χ0v) is 15.4. The maximum atomic E-state index is 12.4. The van der Waals surface area contributed by atoms with E-state index in [-0.39, 0.29) is 18.3 Å². The van der Waals surface area contributed by atoms with Crippen molar-refractivity contribution in [1.29, 1.82) is 0 Å². The summed E-state index contributed by atoms with van der Waals surface area (Å²) in [6, 6.07) is 4.26. The number of rotatable bonds is 4. The van der Waals surface area contributed by atoms with Gasteiger partial charge >= 0.3 is 0 Å². The van der Waals surface area contributed by atoms with Crippen molar-refractivity contribution in [2.24, 2.45) is 5.92 Å². The van der Waals surface area contributed by atoms with E-state index in [1.165, 1.54) is 17.5 Å². The van der Waals surface area contributed by atoms with E-state index in [1.54, 1.807) is 7.11 Å². The first kappa shape index (κ1) is 20.2. The molecule has 7 heteroatoms. The highest BCUT2D eigenvalue weighted by molar-refractivity contribution is 5.79. The molecule has 1 fully saturated rings. The van der Waals surface area contributed by atoms with Crippen LogP contribution in [-0.2, 0) is 29.0 Å². The Balaban J connectivity index is 0.000000758. The van der Waals surface area contributed by atoms with Crippen LogP contribution in [0.2, 0.25) is 0 Å². The number of carbonyl (C=O) groups is 2. The molecule has 144 valence electrons. The van der Waals surface area contributed by atoms with Gasteiger partial charge in [-0.15, -0.1) is 0 Å². The van der Waals surface area contributed by atoms with Crippen molar-refractivity contribution < 1.29 is 24.5 Å². The highest BCUT2D eigenvalue weighted by atomic mass is 16.5. The number of aryl methyl sites for hydroxylation is 2. The molecule has 0 spiro atoms. The lowest BCUT2D eigenvalue weighted by molar-refractivity contribution is -0.131. The summed E-state index contributed by atoms with van der Waals surface area (Å²) >= 11 is 0. The van der Waals surface area contributed by atoms with Gasteiger partial charge in [-0.1, -0.05) is 6.07 Å². The Bertz CT molecular complexity index is 635. The minimum atomic E-state index is -0.548. The van der Waals surface area contributed by atoms with Crippen LogP contribution in [0.1, 0.15) is 29.5 Å². The van der Waals surface area contributed by atoms with Crippen LogP contribution in [0.4, 0.5) is 0 Å². The van der Waals surface area contributed by atoms with E-state index in [2.05, 4.69) is 22.3 Å². The zero-order valence-electron chi connectivity index (χ0n) is 15.4. The first-order valence-electron chi connectivity index (χ1n) is 8.91. The number of carbonyl (C=O) groups excluding carboxylic acids is 1. The molecule has 1 heterocycles. The van der Waals surface area contributed by atoms with E-state index in [0.29, 0.717) is 19.5 Å². The van der Waals surface area contributed by atoms with Crippen LogP contribution in [0, 0.1) is 5.92 Å². The Kier molecular flexibility index (Phi) is 7.41. The standard InChI is InChI=1S/C18H26N2O3.CH2O2/c1-20-7-6-16(21)15(11-20)18(22)19-10-14-8-12-4-3-5-13(12)9-17(14)23-2;2-1-3/h8-9,15-16,21H,3-7,10-11H2,1-2H3,(H,19,22);1H,(H,2,3)/t15-,16-;/m1./s1. The van der Waals surface area contributed by atoms with Gasteiger partial charge < -0.3 is 25.2 Å². The molecule has 3 N–H and O–H groups in total. The molecular weight excluding hydrogens is 336 g/mol. The van der Waals surface area contributed by atoms with Gasteiger partial charge in [0, 0.05) is 25.2 Å². The fraction of sp³-hybridized carbons (Fsp3) is 0.579. The van der Waals surface area contributed by atoms with Crippen LogP contribution in [0.3, 0.4) is 0 Å². The Morgan fingerprint density at radius 1 is 1.38 bits per heavy atom. The smallest absolute Gasteiger partial charge is 0.290 e. The van der Waals surface area contributed by atoms with Crippen LogP contribution in [0.25, 0.3) is 0 Å². The Labute approximate surface area is 154 Å². The summed E-state index contributed by atoms with van der Waals surface area (Å²) in [5.74, 6) is 0.410. The van der Waals surface area contributed by atoms with Gasteiger partial charge in [0.25, 0.3) is 6.47 Å². The van der Waals surface area contributed by atoms with Crippen LogP contribution in [-0.4, -0.2) is 60.8 Å². The molecule has 7 nitrogen and oxygen atoms in total. The van der Waals surface area contributed by atoms with Crippen molar-refractivity contribution in [2.75, 3.05) is 27.2 Å². The van der Waals surface area contributed by atoms with Crippen molar-refractivity contribution in [1.82, 2.24) is 10.2 Å². The number of aliphatic hydroxyl groups is 1. The highest BCUT2D eigenvalue weighted by Crippen LogP contribution is 2.30. The van der Waals surface area contributed by atoms with Gasteiger partial charge in [-0.05, 0) is 49.9 Å². The largest absolute Gasteiger partial charge is 0.496 e. The number of ether oxygens (including phenoxy) is 1. The summed E-state index contributed by atoms with van der Waals surface area (Å²) in [6.07, 6.45) is 3.50. The normalized spacial score (nSPS) is 22.0. The van der Waals surface area contributed by atoms with Crippen LogP contribution in [0.15, 0.2) is 12.1 Å². The Morgan fingerprint density at radius 2 is 2.04 bits per heavy atom. The van der Waals surface area contributed by atoms with Crippen molar-refractivity contribution in [2.45, 2.75) is 38.3 Å². The van der Waals surface area contributed by atoms with Gasteiger partial charge in [-0.25, -0.2) is 0 Å². The molecular formula is C19H28N2O5. The molecule has 1 aliphatic heterocycles. The monoisotopic (exact) mass is 364 g/mol. The maximum Gasteiger partial charge on any atom is 0.290 e. The molecule has 1 aromatic rings. The third-order valence-electron chi connectivity index (χ3n) is 5.06. The number of benzene rings is 1. The Hall–Kier alpha value is -2.12. The highest BCUT2D eigenvalue weighted by Gasteiger charge is 2.31. The van der Waals surface area contributed by atoms with Crippen molar-refractivity contribution in [3.63, 3.8) is 0 Å². The van der Waals surface area contributed by atoms with Gasteiger partial charge in [0.05, 0.1) is 19.1 Å².